The number of amides is 1. The smallest absolute Gasteiger partial charge is 0.225 e. The fourth-order valence-corrected chi connectivity index (χ4v) is 5.10. The third-order valence-corrected chi connectivity index (χ3v) is 6.58. The predicted octanol–water partition coefficient (Wildman–Crippen LogP) is 5.10. The van der Waals surface area contributed by atoms with Gasteiger partial charge in [-0.3, -0.25) is 4.79 Å². The Morgan fingerprint density at radius 1 is 1.29 bits per heavy atom. The van der Waals surface area contributed by atoms with Crippen molar-refractivity contribution in [3.63, 3.8) is 0 Å². The van der Waals surface area contributed by atoms with E-state index in [-0.39, 0.29) is 11.8 Å². The van der Waals surface area contributed by atoms with Gasteiger partial charge in [0.25, 0.3) is 0 Å². The Bertz CT molecular complexity index is 999. The second-order valence-corrected chi connectivity index (χ2v) is 9.00. The lowest BCUT2D eigenvalue weighted by molar-refractivity contribution is -0.125. The molecule has 1 aliphatic heterocycles. The molecule has 4 rings (SSSR count). The van der Waals surface area contributed by atoms with Crippen molar-refractivity contribution < 1.29 is 4.79 Å². The summed E-state index contributed by atoms with van der Waals surface area (Å²) in [5, 5.41) is 4.81. The summed E-state index contributed by atoms with van der Waals surface area (Å²) in [4.78, 5) is 19.9. The zero-order valence-corrected chi connectivity index (χ0v) is 17.7. The van der Waals surface area contributed by atoms with E-state index < -0.39 is 0 Å². The first-order valence-electron chi connectivity index (χ1n) is 9.64. The minimum Gasteiger partial charge on any atom is -0.352 e. The number of aromatic nitrogens is 1. The second kappa shape index (κ2) is 8.10. The largest absolute Gasteiger partial charge is 0.352 e. The standard InChI is InChI=1S/C22H24ClN3OS/c1-14-10-15(2)20-19(11-14)28-22(25-20)26-9-3-4-17(13-26)21(27)24-12-16-5-7-18(23)8-6-16/h5-8,10-11,17H,3-4,9,12-13H2,1-2H3,(H,24,27). The highest BCUT2D eigenvalue weighted by Crippen LogP contribution is 2.33. The van der Waals surface area contributed by atoms with Gasteiger partial charge in [0.1, 0.15) is 0 Å². The third-order valence-electron chi connectivity index (χ3n) is 5.26. The number of anilines is 1. The zero-order chi connectivity index (χ0) is 19.7. The molecule has 0 bridgehead atoms. The van der Waals surface area contributed by atoms with Crippen LogP contribution < -0.4 is 10.2 Å². The van der Waals surface area contributed by atoms with Crippen molar-refractivity contribution in [2.75, 3.05) is 18.0 Å². The van der Waals surface area contributed by atoms with Crippen molar-refractivity contribution >= 4 is 44.2 Å². The summed E-state index contributed by atoms with van der Waals surface area (Å²) in [7, 11) is 0. The number of nitrogens with one attached hydrogen (secondary N) is 1. The van der Waals surface area contributed by atoms with Crippen molar-refractivity contribution in [2.24, 2.45) is 5.92 Å². The molecule has 1 N–H and O–H groups in total. The molecule has 1 amide bonds. The number of rotatable bonds is 4. The maximum Gasteiger partial charge on any atom is 0.225 e. The summed E-state index contributed by atoms with van der Waals surface area (Å²) in [5.41, 5.74) is 4.62. The highest BCUT2D eigenvalue weighted by atomic mass is 35.5. The SMILES string of the molecule is Cc1cc(C)c2nc(N3CCCC(C(=O)NCc4ccc(Cl)cc4)C3)sc2c1. The molecule has 3 aromatic rings. The quantitative estimate of drug-likeness (QED) is 0.647. The summed E-state index contributed by atoms with van der Waals surface area (Å²) in [6.07, 6.45) is 1.93. The molecule has 28 heavy (non-hydrogen) atoms. The highest BCUT2D eigenvalue weighted by molar-refractivity contribution is 7.22. The maximum absolute atomic E-state index is 12.7. The van der Waals surface area contributed by atoms with Gasteiger partial charge >= 0.3 is 0 Å². The monoisotopic (exact) mass is 413 g/mol. The molecule has 0 spiro atoms. The molecule has 1 saturated heterocycles. The Labute approximate surface area is 174 Å². The fraction of sp³-hybridized carbons (Fsp3) is 0.364. The summed E-state index contributed by atoms with van der Waals surface area (Å²) in [6.45, 7) is 6.45. The molecule has 1 aromatic heterocycles. The van der Waals surface area contributed by atoms with Crippen molar-refractivity contribution in [2.45, 2.75) is 33.2 Å². The van der Waals surface area contributed by atoms with Crippen LogP contribution in [0.1, 0.15) is 29.5 Å². The van der Waals surface area contributed by atoms with E-state index in [4.69, 9.17) is 16.6 Å². The number of carbonyl (C=O) groups is 1. The Kier molecular flexibility index (Phi) is 5.56. The molecule has 1 fully saturated rings. The van der Waals surface area contributed by atoms with Gasteiger partial charge < -0.3 is 10.2 Å². The van der Waals surface area contributed by atoms with Crippen LogP contribution in [0, 0.1) is 19.8 Å². The molecular weight excluding hydrogens is 390 g/mol. The number of piperidine rings is 1. The van der Waals surface area contributed by atoms with E-state index in [0.717, 1.165) is 42.1 Å². The van der Waals surface area contributed by atoms with Gasteiger partial charge in [0.15, 0.2) is 5.13 Å². The minimum atomic E-state index is -0.00380. The number of hydrogen-bond acceptors (Lipinski definition) is 4. The molecule has 4 nitrogen and oxygen atoms in total. The molecule has 1 atom stereocenters. The van der Waals surface area contributed by atoms with Gasteiger partial charge in [-0.25, -0.2) is 4.98 Å². The molecule has 1 aliphatic rings. The number of thiazole rings is 1. The van der Waals surface area contributed by atoms with Gasteiger partial charge in [-0.2, -0.15) is 0 Å². The topological polar surface area (TPSA) is 45.2 Å². The number of aryl methyl sites for hydroxylation is 2. The molecule has 146 valence electrons. The van der Waals surface area contributed by atoms with Crippen LogP contribution in [0.15, 0.2) is 36.4 Å². The number of halogens is 1. The third kappa shape index (κ3) is 4.15. The van der Waals surface area contributed by atoms with Crippen LogP contribution in [0.3, 0.4) is 0 Å². The fourth-order valence-electron chi connectivity index (χ4n) is 3.79. The highest BCUT2D eigenvalue weighted by Gasteiger charge is 2.27. The van der Waals surface area contributed by atoms with Gasteiger partial charge in [0, 0.05) is 24.7 Å². The average molecular weight is 414 g/mol. The van der Waals surface area contributed by atoms with Crippen LogP contribution in [0.2, 0.25) is 5.02 Å². The van der Waals surface area contributed by atoms with E-state index in [1.165, 1.54) is 15.8 Å². The normalized spacial score (nSPS) is 17.1. The van der Waals surface area contributed by atoms with E-state index in [9.17, 15) is 4.79 Å². The van der Waals surface area contributed by atoms with Gasteiger partial charge in [-0.15, -0.1) is 0 Å². The molecule has 1 unspecified atom stereocenters. The summed E-state index contributed by atoms with van der Waals surface area (Å²) < 4.78 is 1.22. The van der Waals surface area contributed by atoms with E-state index in [1.54, 1.807) is 11.3 Å². The Morgan fingerprint density at radius 2 is 2.07 bits per heavy atom. The molecule has 0 radical (unpaired) electrons. The van der Waals surface area contributed by atoms with Crippen LogP contribution in [0.4, 0.5) is 5.13 Å². The van der Waals surface area contributed by atoms with Crippen LogP contribution >= 0.6 is 22.9 Å². The number of fused-ring (bicyclic) bond motifs is 1. The van der Waals surface area contributed by atoms with Crippen molar-refractivity contribution in [3.05, 3.63) is 58.1 Å². The predicted molar refractivity (Wildman–Crippen MR) is 117 cm³/mol. The van der Waals surface area contributed by atoms with Crippen molar-refractivity contribution in [1.29, 1.82) is 0 Å². The number of nitrogens with zero attached hydrogens (tertiary/aromatic N) is 2. The lowest BCUT2D eigenvalue weighted by atomic mass is 9.97. The summed E-state index contributed by atoms with van der Waals surface area (Å²) >= 11 is 7.65. The first-order chi connectivity index (χ1) is 13.5. The first kappa shape index (κ1) is 19.2. The van der Waals surface area contributed by atoms with Crippen molar-refractivity contribution in [3.8, 4) is 0 Å². The second-order valence-electron chi connectivity index (χ2n) is 7.55. The van der Waals surface area contributed by atoms with E-state index >= 15 is 0 Å². The summed E-state index contributed by atoms with van der Waals surface area (Å²) in [6, 6.07) is 12.0. The van der Waals surface area contributed by atoms with Crippen LogP contribution in [0.5, 0.6) is 0 Å². The molecular formula is C22H24ClN3OS. The van der Waals surface area contributed by atoms with E-state index in [2.05, 4.69) is 36.2 Å². The number of benzene rings is 2. The van der Waals surface area contributed by atoms with Gasteiger partial charge in [0.2, 0.25) is 5.91 Å². The average Bonchev–Trinajstić information content (AvgIpc) is 3.12. The van der Waals surface area contributed by atoms with Crippen molar-refractivity contribution in [1.82, 2.24) is 10.3 Å². The Morgan fingerprint density at radius 3 is 2.86 bits per heavy atom. The molecule has 2 aromatic carbocycles. The molecule has 6 heteroatoms. The Hall–Kier alpha value is -2.11. The van der Waals surface area contributed by atoms with Crippen LogP contribution in [-0.2, 0) is 11.3 Å². The number of hydrogen-bond donors (Lipinski definition) is 1. The van der Waals surface area contributed by atoms with Gasteiger partial charge in [-0.05, 0) is 61.6 Å². The summed E-state index contributed by atoms with van der Waals surface area (Å²) in [5.74, 6) is 0.115. The van der Waals surface area contributed by atoms with Gasteiger partial charge in [-0.1, -0.05) is 41.1 Å². The minimum absolute atomic E-state index is 0.00380. The Balaban J connectivity index is 1.43. The molecule has 2 heterocycles. The first-order valence-corrected chi connectivity index (χ1v) is 10.8. The number of carbonyl (C=O) groups excluding carboxylic acids is 1. The lowest BCUT2D eigenvalue weighted by Crippen LogP contribution is -2.42. The van der Waals surface area contributed by atoms with E-state index in [0.29, 0.717) is 11.6 Å². The maximum atomic E-state index is 12.7. The van der Waals surface area contributed by atoms with Crippen LogP contribution in [-0.4, -0.2) is 24.0 Å². The zero-order valence-electron chi connectivity index (χ0n) is 16.2. The lowest BCUT2D eigenvalue weighted by Gasteiger charge is -2.31. The van der Waals surface area contributed by atoms with Crippen LogP contribution in [0.25, 0.3) is 10.2 Å². The molecule has 0 saturated carbocycles. The van der Waals surface area contributed by atoms with Gasteiger partial charge in [0.05, 0.1) is 16.1 Å². The molecule has 0 aliphatic carbocycles. The van der Waals surface area contributed by atoms with E-state index in [1.807, 2.05) is 24.3 Å².